The summed E-state index contributed by atoms with van der Waals surface area (Å²) in [6.07, 6.45) is 3.15. The van der Waals surface area contributed by atoms with Crippen LogP contribution in [-0.2, 0) is 0 Å². The zero-order valence-electron chi connectivity index (χ0n) is 6.79. The van der Waals surface area contributed by atoms with Gasteiger partial charge in [-0.15, -0.1) is 0 Å². The smallest absolute Gasteiger partial charge is 0.156 e. The van der Waals surface area contributed by atoms with Crippen molar-refractivity contribution in [1.29, 1.82) is 0 Å². The molecule has 2 heterocycles. The Morgan fingerprint density at radius 1 is 1.50 bits per heavy atom. The summed E-state index contributed by atoms with van der Waals surface area (Å²) in [7, 11) is 0. The number of rotatable bonds is 0. The molecule has 0 aromatic carbocycles. The molecule has 0 N–H and O–H groups in total. The van der Waals surface area contributed by atoms with Crippen LogP contribution in [0.2, 0.25) is 5.15 Å². The summed E-state index contributed by atoms with van der Waals surface area (Å²) in [6, 6.07) is 4.09. The third-order valence-corrected chi connectivity index (χ3v) is 2.10. The van der Waals surface area contributed by atoms with Gasteiger partial charge in [-0.1, -0.05) is 17.7 Å². The summed E-state index contributed by atoms with van der Waals surface area (Å²) in [5.41, 5.74) is 0.779. The van der Waals surface area contributed by atoms with Crippen molar-refractivity contribution in [2.24, 2.45) is 4.99 Å². The molecule has 1 aromatic rings. The molecule has 0 bridgehead atoms. The van der Waals surface area contributed by atoms with Crippen molar-refractivity contribution in [1.82, 2.24) is 4.98 Å². The minimum atomic E-state index is 0.337. The highest BCUT2D eigenvalue weighted by Crippen LogP contribution is 2.00. The molecule has 1 atom stereocenters. The van der Waals surface area contributed by atoms with Crippen molar-refractivity contribution in [2.45, 2.75) is 19.4 Å². The van der Waals surface area contributed by atoms with E-state index in [1.165, 1.54) is 0 Å². The van der Waals surface area contributed by atoms with Crippen LogP contribution >= 0.6 is 11.6 Å². The summed E-state index contributed by atoms with van der Waals surface area (Å²) < 4.78 is 0. The Bertz CT molecular complexity index is 411. The number of pyridine rings is 1. The van der Waals surface area contributed by atoms with E-state index in [0.717, 1.165) is 17.1 Å². The van der Waals surface area contributed by atoms with E-state index >= 15 is 0 Å². The fraction of sp³-hybridized carbons (Fsp3) is 0.333. The zero-order chi connectivity index (χ0) is 8.55. The lowest BCUT2D eigenvalue weighted by Gasteiger charge is -2.05. The van der Waals surface area contributed by atoms with Gasteiger partial charge in [0.2, 0.25) is 0 Å². The van der Waals surface area contributed by atoms with Crippen LogP contribution in [0.3, 0.4) is 0 Å². The van der Waals surface area contributed by atoms with Crippen LogP contribution < -0.4 is 10.7 Å². The molecule has 1 aliphatic rings. The van der Waals surface area contributed by atoms with Crippen LogP contribution in [0.5, 0.6) is 0 Å². The Morgan fingerprint density at radius 2 is 2.33 bits per heavy atom. The summed E-state index contributed by atoms with van der Waals surface area (Å²) in [5, 5.41) is 1.61. The Kier molecular flexibility index (Phi) is 1.85. The predicted molar refractivity (Wildman–Crippen MR) is 48.6 cm³/mol. The molecular weight excluding hydrogens is 172 g/mol. The molecule has 0 aliphatic carbocycles. The molecular formula is C9H9ClN2. The van der Waals surface area contributed by atoms with Gasteiger partial charge >= 0.3 is 0 Å². The van der Waals surface area contributed by atoms with E-state index in [1.807, 2.05) is 6.07 Å². The van der Waals surface area contributed by atoms with E-state index in [4.69, 9.17) is 11.6 Å². The first-order chi connectivity index (χ1) is 5.75. The minimum Gasteiger partial charge on any atom is -0.263 e. The van der Waals surface area contributed by atoms with Gasteiger partial charge in [0.25, 0.3) is 0 Å². The number of fused-ring (bicyclic) bond motifs is 1. The molecule has 1 aromatic heterocycles. The van der Waals surface area contributed by atoms with Crippen LogP contribution in [0.4, 0.5) is 0 Å². The zero-order valence-corrected chi connectivity index (χ0v) is 7.54. The fourth-order valence-electron chi connectivity index (χ4n) is 1.26. The van der Waals surface area contributed by atoms with Crippen molar-refractivity contribution in [2.75, 3.05) is 0 Å². The second-order valence-corrected chi connectivity index (χ2v) is 3.35. The van der Waals surface area contributed by atoms with E-state index < -0.39 is 0 Å². The van der Waals surface area contributed by atoms with Gasteiger partial charge < -0.3 is 0 Å². The van der Waals surface area contributed by atoms with Crippen molar-refractivity contribution in [3.8, 4) is 0 Å². The standard InChI is InChI=1S/C9H9ClN2/c1-6-2-3-7-4-5-8(10)12-9(7)11-6/h3-6H,2H2,1H3. The third-order valence-electron chi connectivity index (χ3n) is 1.89. The summed E-state index contributed by atoms with van der Waals surface area (Å²) in [4.78, 5) is 8.51. The van der Waals surface area contributed by atoms with Crippen LogP contribution in [0.1, 0.15) is 13.3 Å². The van der Waals surface area contributed by atoms with Gasteiger partial charge in [0.1, 0.15) is 5.15 Å². The largest absolute Gasteiger partial charge is 0.263 e. The van der Waals surface area contributed by atoms with E-state index in [9.17, 15) is 0 Å². The van der Waals surface area contributed by atoms with Crippen molar-refractivity contribution >= 4 is 17.7 Å². The highest BCUT2D eigenvalue weighted by molar-refractivity contribution is 6.29. The molecule has 0 amide bonds. The van der Waals surface area contributed by atoms with Gasteiger partial charge in [-0.05, 0) is 25.5 Å². The Hall–Kier alpha value is -0.890. The van der Waals surface area contributed by atoms with Gasteiger partial charge in [0, 0.05) is 5.22 Å². The number of aromatic nitrogens is 1. The molecule has 3 heteroatoms. The molecule has 62 valence electrons. The van der Waals surface area contributed by atoms with Gasteiger partial charge in [-0.2, -0.15) is 0 Å². The Balaban J connectivity index is 2.72. The molecule has 1 aliphatic heterocycles. The van der Waals surface area contributed by atoms with Crippen molar-refractivity contribution in [3.05, 3.63) is 28.0 Å². The van der Waals surface area contributed by atoms with E-state index in [-0.39, 0.29) is 0 Å². The maximum atomic E-state index is 5.74. The van der Waals surface area contributed by atoms with E-state index in [0.29, 0.717) is 11.2 Å². The normalized spacial score (nSPS) is 20.7. The van der Waals surface area contributed by atoms with Crippen molar-refractivity contribution < 1.29 is 0 Å². The summed E-state index contributed by atoms with van der Waals surface area (Å²) >= 11 is 5.74. The SMILES string of the molecule is CC1CC=c2ccc(Cl)nc2=N1. The monoisotopic (exact) mass is 180 g/mol. The maximum absolute atomic E-state index is 5.74. The quantitative estimate of drug-likeness (QED) is 0.546. The van der Waals surface area contributed by atoms with Gasteiger partial charge in [0.15, 0.2) is 5.49 Å². The van der Waals surface area contributed by atoms with Gasteiger partial charge in [-0.3, -0.25) is 4.99 Å². The average Bonchev–Trinajstić information content (AvgIpc) is 2.03. The minimum absolute atomic E-state index is 0.337. The Labute approximate surface area is 75.6 Å². The van der Waals surface area contributed by atoms with Crippen LogP contribution in [-0.4, -0.2) is 11.0 Å². The molecule has 2 rings (SSSR count). The molecule has 0 radical (unpaired) electrons. The van der Waals surface area contributed by atoms with Crippen LogP contribution in [0, 0.1) is 0 Å². The number of nitrogens with zero attached hydrogens (tertiary/aromatic N) is 2. The molecule has 2 nitrogen and oxygen atoms in total. The first-order valence-corrected chi connectivity index (χ1v) is 4.34. The number of halogens is 1. The lowest BCUT2D eigenvalue weighted by molar-refractivity contribution is 0.724. The van der Waals surface area contributed by atoms with E-state index in [1.54, 1.807) is 6.07 Å². The second-order valence-electron chi connectivity index (χ2n) is 2.96. The maximum Gasteiger partial charge on any atom is 0.156 e. The predicted octanol–water partition coefficient (Wildman–Crippen LogP) is 0.927. The molecule has 0 saturated carbocycles. The van der Waals surface area contributed by atoms with Crippen LogP contribution in [0.15, 0.2) is 17.1 Å². The summed E-state index contributed by atoms with van der Waals surface area (Å²) in [6.45, 7) is 2.07. The molecule has 12 heavy (non-hydrogen) atoms. The second kappa shape index (κ2) is 2.87. The van der Waals surface area contributed by atoms with Gasteiger partial charge in [-0.25, -0.2) is 4.98 Å². The van der Waals surface area contributed by atoms with Crippen LogP contribution in [0.25, 0.3) is 6.08 Å². The highest BCUT2D eigenvalue weighted by atomic mass is 35.5. The van der Waals surface area contributed by atoms with Gasteiger partial charge in [0.05, 0.1) is 6.04 Å². The fourth-order valence-corrected chi connectivity index (χ4v) is 1.40. The molecule has 0 saturated heterocycles. The first-order valence-electron chi connectivity index (χ1n) is 3.96. The topological polar surface area (TPSA) is 25.2 Å². The first kappa shape index (κ1) is 7.74. The lowest BCUT2D eigenvalue weighted by Crippen LogP contribution is -2.33. The molecule has 0 fully saturated rings. The summed E-state index contributed by atoms with van der Waals surface area (Å²) in [5.74, 6) is 0. The van der Waals surface area contributed by atoms with Crippen molar-refractivity contribution in [3.63, 3.8) is 0 Å². The highest BCUT2D eigenvalue weighted by Gasteiger charge is 2.02. The average molecular weight is 181 g/mol. The Morgan fingerprint density at radius 3 is 3.17 bits per heavy atom. The number of hydrogen-bond donors (Lipinski definition) is 0. The molecule has 0 spiro atoms. The number of hydrogen-bond acceptors (Lipinski definition) is 2. The molecule has 1 unspecified atom stereocenters. The van der Waals surface area contributed by atoms with E-state index in [2.05, 4.69) is 23.0 Å². The lowest BCUT2D eigenvalue weighted by atomic mass is 10.2. The third kappa shape index (κ3) is 1.34.